The van der Waals surface area contributed by atoms with E-state index in [2.05, 4.69) is 15.9 Å². The fourth-order valence-electron chi connectivity index (χ4n) is 1.65. The average Bonchev–Trinajstić information content (AvgIpc) is 2.91. The van der Waals surface area contributed by atoms with Crippen LogP contribution in [0.5, 0.6) is 11.5 Å². The number of hydrogen-bond donors (Lipinski definition) is 1. The predicted molar refractivity (Wildman–Crippen MR) is 79.9 cm³/mol. The molecule has 1 aromatic carbocycles. The van der Waals surface area contributed by atoms with Crippen molar-refractivity contribution in [1.29, 1.82) is 0 Å². The Balaban J connectivity index is 2.21. The summed E-state index contributed by atoms with van der Waals surface area (Å²) in [5.74, 6) is 1.32. The Morgan fingerprint density at radius 1 is 1.32 bits per heavy atom. The number of rotatable bonds is 6. The van der Waals surface area contributed by atoms with Crippen molar-refractivity contribution >= 4 is 27.3 Å². The summed E-state index contributed by atoms with van der Waals surface area (Å²) in [6.45, 7) is 2.96. The largest absolute Gasteiger partial charge is 0.490 e. The highest BCUT2D eigenvalue weighted by Crippen LogP contribution is 2.37. The quantitative estimate of drug-likeness (QED) is 0.862. The Morgan fingerprint density at radius 3 is 2.79 bits per heavy atom. The van der Waals surface area contributed by atoms with E-state index in [9.17, 15) is 5.11 Å². The molecule has 5 heteroatoms. The van der Waals surface area contributed by atoms with Crippen molar-refractivity contribution in [3.8, 4) is 11.5 Å². The minimum Gasteiger partial charge on any atom is -0.490 e. The third-order valence-corrected chi connectivity index (χ3v) is 3.93. The fourth-order valence-corrected chi connectivity index (χ4v) is 2.87. The Bertz CT molecular complexity index is 526. The maximum absolute atomic E-state index is 9.21. The van der Waals surface area contributed by atoms with Gasteiger partial charge in [0.05, 0.1) is 17.7 Å². The van der Waals surface area contributed by atoms with E-state index in [4.69, 9.17) is 9.47 Å². The number of aliphatic hydroxyl groups excluding tert-OH is 1. The lowest BCUT2D eigenvalue weighted by Crippen LogP contribution is -2.00. The summed E-state index contributed by atoms with van der Waals surface area (Å²) < 4.78 is 12.2. The molecule has 1 aromatic heterocycles. The molecule has 0 fully saturated rings. The zero-order valence-electron chi connectivity index (χ0n) is 10.6. The third-order valence-electron chi connectivity index (χ3n) is 2.49. The number of halogens is 1. The molecule has 0 amide bonds. The second-order valence-corrected chi connectivity index (χ2v) is 5.75. The van der Waals surface area contributed by atoms with E-state index in [1.165, 1.54) is 0 Å². The molecule has 0 radical (unpaired) electrons. The molecule has 19 heavy (non-hydrogen) atoms. The molecule has 1 heterocycles. The van der Waals surface area contributed by atoms with Gasteiger partial charge in [-0.25, -0.2) is 0 Å². The first-order chi connectivity index (χ1) is 9.24. The average molecular weight is 343 g/mol. The normalized spacial score (nSPS) is 10.5. The molecular weight excluding hydrogens is 328 g/mol. The number of aliphatic hydroxyl groups is 1. The molecule has 2 rings (SSSR count). The van der Waals surface area contributed by atoms with Gasteiger partial charge < -0.3 is 14.6 Å². The highest BCUT2D eigenvalue weighted by Gasteiger charge is 2.12. The molecule has 0 unspecified atom stereocenters. The number of hydrogen-bond acceptors (Lipinski definition) is 4. The monoisotopic (exact) mass is 342 g/mol. The van der Waals surface area contributed by atoms with Crippen LogP contribution < -0.4 is 9.47 Å². The molecule has 0 bridgehead atoms. The number of ether oxygens (including phenoxy) is 2. The van der Waals surface area contributed by atoms with Crippen LogP contribution in [0.3, 0.4) is 0 Å². The molecule has 1 N–H and O–H groups in total. The first-order valence-electron chi connectivity index (χ1n) is 5.95. The first kappa shape index (κ1) is 14.4. The van der Waals surface area contributed by atoms with E-state index in [0.717, 1.165) is 14.9 Å². The van der Waals surface area contributed by atoms with Gasteiger partial charge in [0.2, 0.25) is 0 Å². The Morgan fingerprint density at radius 2 is 2.16 bits per heavy atom. The topological polar surface area (TPSA) is 38.7 Å². The van der Waals surface area contributed by atoms with Gasteiger partial charge in [-0.15, -0.1) is 11.3 Å². The van der Waals surface area contributed by atoms with Crippen LogP contribution in [-0.4, -0.2) is 11.7 Å². The van der Waals surface area contributed by atoms with Crippen LogP contribution in [0.15, 0.2) is 34.1 Å². The molecule has 0 aliphatic carbocycles. The molecule has 0 aliphatic heterocycles. The van der Waals surface area contributed by atoms with Crippen molar-refractivity contribution in [3.05, 3.63) is 44.6 Å². The van der Waals surface area contributed by atoms with Crippen LogP contribution in [0.2, 0.25) is 0 Å². The second-order valence-electron chi connectivity index (χ2n) is 3.86. The predicted octanol–water partition coefficient (Wildman–Crippen LogP) is 3.98. The van der Waals surface area contributed by atoms with Crippen LogP contribution in [0.4, 0.5) is 0 Å². The Labute approximate surface area is 124 Å². The van der Waals surface area contributed by atoms with Crippen LogP contribution in [0.25, 0.3) is 0 Å². The minimum atomic E-state index is -0.0239. The highest BCUT2D eigenvalue weighted by atomic mass is 79.9. The maximum atomic E-state index is 9.21. The van der Waals surface area contributed by atoms with Crippen LogP contribution >= 0.6 is 27.3 Å². The van der Waals surface area contributed by atoms with E-state index >= 15 is 0 Å². The molecule has 0 saturated heterocycles. The lowest BCUT2D eigenvalue weighted by molar-refractivity contribution is 0.263. The van der Waals surface area contributed by atoms with Gasteiger partial charge in [0, 0.05) is 4.88 Å². The fraction of sp³-hybridized carbons (Fsp3) is 0.286. The summed E-state index contributed by atoms with van der Waals surface area (Å²) in [4.78, 5) is 1.15. The van der Waals surface area contributed by atoms with Crippen LogP contribution in [0.1, 0.15) is 17.4 Å². The van der Waals surface area contributed by atoms with Crippen LogP contribution in [0, 0.1) is 0 Å². The standard InChI is InChI=1S/C14H15BrO3S/c1-2-17-13-7-10(8-16)6-12(15)14(13)18-9-11-4-3-5-19-11/h3-7,16H,2,8-9H2,1H3. The van der Waals surface area contributed by atoms with E-state index in [-0.39, 0.29) is 6.61 Å². The number of benzene rings is 1. The molecule has 0 aliphatic rings. The molecule has 0 saturated carbocycles. The van der Waals surface area contributed by atoms with Crippen molar-refractivity contribution in [3.63, 3.8) is 0 Å². The summed E-state index contributed by atoms with van der Waals surface area (Å²) in [5, 5.41) is 11.2. The van der Waals surface area contributed by atoms with E-state index in [1.807, 2.05) is 30.5 Å². The zero-order valence-corrected chi connectivity index (χ0v) is 13.0. The SMILES string of the molecule is CCOc1cc(CO)cc(Br)c1OCc1cccs1. The van der Waals surface area contributed by atoms with Gasteiger partial charge in [0.25, 0.3) is 0 Å². The minimum absolute atomic E-state index is 0.0239. The van der Waals surface area contributed by atoms with Gasteiger partial charge in [0.1, 0.15) is 6.61 Å². The van der Waals surface area contributed by atoms with Crippen molar-refractivity contribution in [2.75, 3.05) is 6.61 Å². The van der Waals surface area contributed by atoms with E-state index in [0.29, 0.717) is 24.7 Å². The van der Waals surface area contributed by atoms with Crippen molar-refractivity contribution in [1.82, 2.24) is 0 Å². The van der Waals surface area contributed by atoms with E-state index < -0.39 is 0 Å². The van der Waals surface area contributed by atoms with Gasteiger partial charge in [0.15, 0.2) is 11.5 Å². The molecule has 3 nitrogen and oxygen atoms in total. The van der Waals surface area contributed by atoms with Crippen molar-refractivity contribution < 1.29 is 14.6 Å². The van der Waals surface area contributed by atoms with Crippen molar-refractivity contribution in [2.45, 2.75) is 20.1 Å². The van der Waals surface area contributed by atoms with Crippen molar-refractivity contribution in [2.24, 2.45) is 0 Å². The molecular formula is C14H15BrO3S. The third kappa shape index (κ3) is 3.72. The molecule has 0 atom stereocenters. The summed E-state index contributed by atoms with van der Waals surface area (Å²) in [6.07, 6.45) is 0. The van der Waals surface area contributed by atoms with Crippen LogP contribution in [-0.2, 0) is 13.2 Å². The van der Waals surface area contributed by atoms with Gasteiger partial charge in [-0.2, -0.15) is 0 Å². The van der Waals surface area contributed by atoms with Gasteiger partial charge >= 0.3 is 0 Å². The summed E-state index contributed by atoms with van der Waals surface area (Å²) in [6, 6.07) is 7.67. The maximum Gasteiger partial charge on any atom is 0.175 e. The molecule has 0 spiro atoms. The smallest absolute Gasteiger partial charge is 0.175 e. The first-order valence-corrected chi connectivity index (χ1v) is 7.63. The Kier molecular flexibility index (Phi) is 5.24. The summed E-state index contributed by atoms with van der Waals surface area (Å²) >= 11 is 5.11. The summed E-state index contributed by atoms with van der Waals surface area (Å²) in [5.41, 5.74) is 0.791. The highest BCUT2D eigenvalue weighted by molar-refractivity contribution is 9.10. The lowest BCUT2D eigenvalue weighted by atomic mass is 10.2. The summed E-state index contributed by atoms with van der Waals surface area (Å²) in [7, 11) is 0. The second kappa shape index (κ2) is 6.93. The molecule has 102 valence electrons. The van der Waals surface area contributed by atoms with E-state index in [1.54, 1.807) is 17.4 Å². The van der Waals surface area contributed by atoms with Gasteiger partial charge in [-0.05, 0) is 52.0 Å². The lowest BCUT2D eigenvalue weighted by Gasteiger charge is -2.14. The zero-order chi connectivity index (χ0) is 13.7. The number of thiophene rings is 1. The van der Waals surface area contributed by atoms with Gasteiger partial charge in [-0.1, -0.05) is 6.07 Å². The van der Waals surface area contributed by atoms with Gasteiger partial charge in [-0.3, -0.25) is 0 Å². The molecule has 2 aromatic rings. The Hall–Kier alpha value is -1.04.